The van der Waals surface area contributed by atoms with E-state index in [0.717, 1.165) is 37.2 Å². The van der Waals surface area contributed by atoms with E-state index in [2.05, 4.69) is 20.6 Å². The minimum absolute atomic E-state index is 0.0203. The summed E-state index contributed by atoms with van der Waals surface area (Å²) >= 11 is 5.91. The maximum atomic E-state index is 14.4. The summed E-state index contributed by atoms with van der Waals surface area (Å²) in [5.41, 5.74) is 2.07. The summed E-state index contributed by atoms with van der Waals surface area (Å²) in [6.45, 7) is 4.08. The van der Waals surface area contributed by atoms with Crippen molar-refractivity contribution in [2.75, 3.05) is 29.9 Å². The van der Waals surface area contributed by atoms with Crippen LogP contribution in [-0.2, 0) is 4.74 Å². The van der Waals surface area contributed by atoms with Gasteiger partial charge in [-0.2, -0.15) is 0 Å². The molecule has 3 heterocycles. The fourth-order valence-electron chi connectivity index (χ4n) is 4.27. The summed E-state index contributed by atoms with van der Waals surface area (Å²) in [7, 11) is 0. The number of hydrogen-bond acceptors (Lipinski definition) is 6. The van der Waals surface area contributed by atoms with Crippen LogP contribution in [0, 0.1) is 12.7 Å². The van der Waals surface area contributed by atoms with Gasteiger partial charge in [0.05, 0.1) is 28.5 Å². The molecular formula is C22H21ClFN5O2. The summed E-state index contributed by atoms with van der Waals surface area (Å²) in [6.07, 6.45) is 2.63. The highest BCUT2D eigenvalue weighted by Gasteiger charge is 2.46. The fraction of sp³-hybridized carbons (Fsp3) is 0.318. The van der Waals surface area contributed by atoms with Crippen molar-refractivity contribution in [1.29, 1.82) is 0 Å². The molecule has 1 amide bonds. The number of anilines is 3. The Labute approximate surface area is 183 Å². The molecule has 9 heteroatoms. The molecule has 2 N–H and O–H groups in total. The second kappa shape index (κ2) is 7.62. The summed E-state index contributed by atoms with van der Waals surface area (Å²) in [5, 5.41) is 7.00. The maximum Gasteiger partial charge on any atom is 0.415 e. The Morgan fingerprint density at radius 1 is 1.26 bits per heavy atom. The SMILES string of the molecule is Cc1cc2ncnc(Nc3cccc(Cl)c3F)c2cc1N1CC2(CCNCC2)OC1=O. The first-order valence-electron chi connectivity index (χ1n) is 10.1. The van der Waals surface area contributed by atoms with Gasteiger partial charge in [-0.3, -0.25) is 4.90 Å². The Morgan fingerprint density at radius 3 is 2.87 bits per heavy atom. The zero-order valence-corrected chi connectivity index (χ0v) is 17.7. The molecule has 0 bridgehead atoms. The highest BCUT2D eigenvalue weighted by atomic mass is 35.5. The van der Waals surface area contributed by atoms with Crippen LogP contribution < -0.4 is 15.5 Å². The number of aryl methyl sites for hydroxylation is 1. The second-order valence-electron chi connectivity index (χ2n) is 7.99. The first kappa shape index (κ1) is 20.0. The first-order valence-corrected chi connectivity index (χ1v) is 10.5. The molecule has 2 aliphatic rings. The number of ether oxygens (including phenoxy) is 1. The van der Waals surface area contributed by atoms with Crippen LogP contribution in [0.2, 0.25) is 5.02 Å². The van der Waals surface area contributed by atoms with Gasteiger partial charge in [0.25, 0.3) is 0 Å². The van der Waals surface area contributed by atoms with E-state index in [1.807, 2.05) is 19.1 Å². The van der Waals surface area contributed by atoms with Crippen LogP contribution in [0.1, 0.15) is 18.4 Å². The number of fused-ring (bicyclic) bond motifs is 1. The molecule has 5 rings (SSSR count). The van der Waals surface area contributed by atoms with Crippen molar-refractivity contribution >= 4 is 45.8 Å². The first-order chi connectivity index (χ1) is 15.0. The van der Waals surface area contributed by atoms with Gasteiger partial charge in [-0.05, 0) is 49.8 Å². The van der Waals surface area contributed by atoms with Gasteiger partial charge < -0.3 is 15.4 Å². The van der Waals surface area contributed by atoms with Crippen LogP contribution in [-0.4, -0.2) is 41.3 Å². The molecule has 2 aliphatic heterocycles. The van der Waals surface area contributed by atoms with E-state index >= 15 is 0 Å². The number of nitrogens with zero attached hydrogens (tertiary/aromatic N) is 3. The van der Waals surface area contributed by atoms with Gasteiger partial charge in [-0.1, -0.05) is 17.7 Å². The number of nitrogens with one attached hydrogen (secondary N) is 2. The Kier molecular flexibility index (Phi) is 4.91. The smallest absolute Gasteiger partial charge is 0.415 e. The lowest BCUT2D eigenvalue weighted by Crippen LogP contribution is -2.44. The number of amides is 1. The topological polar surface area (TPSA) is 79.4 Å². The van der Waals surface area contributed by atoms with Gasteiger partial charge in [-0.25, -0.2) is 19.2 Å². The second-order valence-corrected chi connectivity index (χ2v) is 8.40. The van der Waals surface area contributed by atoms with E-state index in [1.54, 1.807) is 17.0 Å². The number of hydrogen-bond donors (Lipinski definition) is 2. The van der Waals surface area contributed by atoms with Crippen LogP contribution >= 0.6 is 11.6 Å². The zero-order chi connectivity index (χ0) is 21.6. The van der Waals surface area contributed by atoms with E-state index < -0.39 is 11.4 Å². The van der Waals surface area contributed by atoms with Crippen LogP contribution in [0.15, 0.2) is 36.7 Å². The predicted molar refractivity (Wildman–Crippen MR) is 118 cm³/mol. The average Bonchev–Trinajstić information content (AvgIpc) is 3.06. The normalized spacial score (nSPS) is 17.9. The molecule has 31 heavy (non-hydrogen) atoms. The monoisotopic (exact) mass is 441 g/mol. The third kappa shape index (κ3) is 3.55. The van der Waals surface area contributed by atoms with Crippen molar-refractivity contribution in [2.45, 2.75) is 25.4 Å². The third-order valence-corrected chi connectivity index (χ3v) is 6.23. The molecule has 2 saturated heterocycles. The number of benzene rings is 2. The number of halogens is 2. The molecule has 7 nitrogen and oxygen atoms in total. The van der Waals surface area contributed by atoms with Crippen molar-refractivity contribution < 1.29 is 13.9 Å². The highest BCUT2D eigenvalue weighted by molar-refractivity contribution is 6.31. The average molecular weight is 442 g/mol. The minimum Gasteiger partial charge on any atom is -0.441 e. The number of carbonyl (C=O) groups excluding carboxylic acids is 1. The maximum absolute atomic E-state index is 14.4. The number of rotatable bonds is 3. The molecule has 0 radical (unpaired) electrons. The molecule has 2 fully saturated rings. The predicted octanol–water partition coefficient (Wildman–Crippen LogP) is 4.55. The van der Waals surface area contributed by atoms with Crippen LogP contribution in [0.3, 0.4) is 0 Å². The van der Waals surface area contributed by atoms with Crippen molar-refractivity contribution in [2.24, 2.45) is 0 Å². The van der Waals surface area contributed by atoms with Crippen molar-refractivity contribution in [3.05, 3.63) is 53.1 Å². The van der Waals surface area contributed by atoms with Crippen molar-refractivity contribution in [1.82, 2.24) is 15.3 Å². The Balaban J connectivity index is 1.54. The van der Waals surface area contributed by atoms with E-state index in [9.17, 15) is 9.18 Å². The van der Waals surface area contributed by atoms with Gasteiger partial charge in [0.1, 0.15) is 17.7 Å². The molecule has 1 spiro atoms. The number of aromatic nitrogens is 2. The van der Waals surface area contributed by atoms with Gasteiger partial charge in [0.15, 0.2) is 5.82 Å². The minimum atomic E-state index is -0.556. The van der Waals surface area contributed by atoms with E-state index in [-0.39, 0.29) is 16.8 Å². The van der Waals surface area contributed by atoms with E-state index in [1.165, 1.54) is 12.4 Å². The summed E-state index contributed by atoms with van der Waals surface area (Å²) in [5.74, 6) is -0.129. The molecule has 160 valence electrons. The van der Waals surface area contributed by atoms with Crippen LogP contribution in [0.5, 0.6) is 0 Å². The number of carbonyl (C=O) groups is 1. The van der Waals surface area contributed by atoms with Gasteiger partial charge in [-0.15, -0.1) is 0 Å². The molecule has 0 aliphatic carbocycles. The summed E-state index contributed by atoms with van der Waals surface area (Å²) in [6, 6.07) is 8.48. The van der Waals surface area contributed by atoms with Crippen molar-refractivity contribution in [3.8, 4) is 0 Å². The van der Waals surface area contributed by atoms with Crippen molar-refractivity contribution in [3.63, 3.8) is 0 Å². The fourth-order valence-corrected chi connectivity index (χ4v) is 4.44. The largest absolute Gasteiger partial charge is 0.441 e. The molecular weight excluding hydrogens is 421 g/mol. The third-order valence-electron chi connectivity index (χ3n) is 5.93. The quantitative estimate of drug-likeness (QED) is 0.620. The van der Waals surface area contributed by atoms with Gasteiger partial charge in [0, 0.05) is 18.2 Å². The highest BCUT2D eigenvalue weighted by Crippen LogP contribution is 2.38. The molecule has 0 atom stereocenters. The lowest BCUT2D eigenvalue weighted by atomic mass is 9.92. The van der Waals surface area contributed by atoms with Crippen LogP contribution in [0.25, 0.3) is 10.9 Å². The molecule has 0 unspecified atom stereocenters. The van der Waals surface area contributed by atoms with Gasteiger partial charge in [0.2, 0.25) is 0 Å². The number of piperidine rings is 1. The molecule has 2 aromatic carbocycles. The Bertz CT molecular complexity index is 1180. The lowest BCUT2D eigenvalue weighted by molar-refractivity contribution is 0.0316. The summed E-state index contributed by atoms with van der Waals surface area (Å²) < 4.78 is 20.2. The summed E-state index contributed by atoms with van der Waals surface area (Å²) in [4.78, 5) is 23.1. The van der Waals surface area contributed by atoms with E-state index in [0.29, 0.717) is 23.3 Å². The molecule has 1 aromatic heterocycles. The Morgan fingerprint density at radius 2 is 2.06 bits per heavy atom. The van der Waals surface area contributed by atoms with Gasteiger partial charge >= 0.3 is 6.09 Å². The van der Waals surface area contributed by atoms with E-state index in [4.69, 9.17) is 16.3 Å². The molecule has 3 aromatic rings. The Hall–Kier alpha value is -2.97. The zero-order valence-electron chi connectivity index (χ0n) is 16.9. The molecule has 0 saturated carbocycles. The lowest BCUT2D eigenvalue weighted by Gasteiger charge is -2.31. The van der Waals surface area contributed by atoms with Crippen LogP contribution in [0.4, 0.5) is 26.4 Å². The standard InChI is InChI=1S/C22H21ClFN5O2/c1-13-9-17-14(20(27-12-26-17)28-16-4-2-3-15(23)19(16)24)10-18(13)29-11-22(31-21(29)30)5-7-25-8-6-22/h2-4,9-10,12,25H,5-8,11H2,1H3,(H,26,27,28).